The molecule has 0 bridgehead atoms. The Morgan fingerprint density at radius 2 is 2.26 bits per heavy atom. The molecule has 4 nitrogen and oxygen atoms in total. The number of fused-ring (bicyclic) bond motifs is 1. The Labute approximate surface area is 145 Å². The summed E-state index contributed by atoms with van der Waals surface area (Å²) in [6, 6.07) is 1.82. The van der Waals surface area contributed by atoms with E-state index in [0.29, 0.717) is 12.5 Å². The number of hydrogen-bond donors (Lipinski definition) is 1. The second-order valence-corrected chi connectivity index (χ2v) is 8.76. The number of thiophene rings is 1. The molecule has 1 aliphatic heterocycles. The fourth-order valence-corrected chi connectivity index (χ4v) is 4.78. The van der Waals surface area contributed by atoms with Crippen LogP contribution in [0.1, 0.15) is 35.7 Å². The minimum absolute atomic E-state index is 0.0848. The minimum atomic E-state index is -0.379. The van der Waals surface area contributed by atoms with Crippen molar-refractivity contribution in [1.29, 1.82) is 0 Å². The van der Waals surface area contributed by atoms with Gasteiger partial charge in [0.2, 0.25) is 5.91 Å². The Hall–Kier alpha value is -1.24. The third-order valence-electron chi connectivity index (χ3n) is 4.09. The van der Waals surface area contributed by atoms with Gasteiger partial charge in [-0.2, -0.15) is 0 Å². The largest absolute Gasteiger partial charge is 0.337 e. The molecule has 0 spiro atoms. The number of aryl methyl sites for hydroxylation is 1. The number of carbonyl (C=O) groups excluding carboxylic acids is 1. The van der Waals surface area contributed by atoms with E-state index in [0.717, 1.165) is 30.1 Å². The van der Waals surface area contributed by atoms with Crippen molar-refractivity contribution in [3.8, 4) is 10.6 Å². The highest BCUT2D eigenvalue weighted by Crippen LogP contribution is 2.35. The van der Waals surface area contributed by atoms with Crippen LogP contribution in [-0.2, 0) is 17.8 Å². The Bertz CT molecular complexity index is 705. The molecule has 0 aliphatic carbocycles. The number of nitrogens with two attached hydrogens (primary N) is 1. The molecular weight excluding hydrogens is 326 g/mol. The maximum atomic E-state index is 12.5. The topological polar surface area (TPSA) is 59.2 Å². The van der Waals surface area contributed by atoms with Crippen molar-refractivity contribution in [2.75, 3.05) is 6.54 Å². The molecule has 1 atom stereocenters. The SMILES string of the molecule is Cc1nc(-c2cc3c(s2)CCN(C(=O)[C@@H](N)CC(C)C)C3)cs1. The number of amides is 1. The molecule has 23 heavy (non-hydrogen) atoms. The van der Waals surface area contributed by atoms with E-state index >= 15 is 0 Å². The number of aromatic nitrogens is 1. The summed E-state index contributed by atoms with van der Waals surface area (Å²) in [7, 11) is 0. The van der Waals surface area contributed by atoms with Crippen molar-refractivity contribution in [3.63, 3.8) is 0 Å². The average Bonchev–Trinajstić information content (AvgIpc) is 3.10. The summed E-state index contributed by atoms with van der Waals surface area (Å²) in [6.45, 7) is 7.68. The van der Waals surface area contributed by atoms with Crippen molar-refractivity contribution in [1.82, 2.24) is 9.88 Å². The van der Waals surface area contributed by atoms with Gasteiger partial charge < -0.3 is 10.6 Å². The smallest absolute Gasteiger partial charge is 0.239 e. The van der Waals surface area contributed by atoms with Gasteiger partial charge in [0.25, 0.3) is 0 Å². The van der Waals surface area contributed by atoms with Crippen LogP contribution in [0.4, 0.5) is 0 Å². The van der Waals surface area contributed by atoms with Gasteiger partial charge in [0, 0.05) is 23.3 Å². The van der Waals surface area contributed by atoms with Crippen molar-refractivity contribution in [3.05, 3.63) is 26.9 Å². The Morgan fingerprint density at radius 3 is 2.91 bits per heavy atom. The van der Waals surface area contributed by atoms with Gasteiger partial charge in [0.15, 0.2) is 0 Å². The van der Waals surface area contributed by atoms with E-state index in [4.69, 9.17) is 5.73 Å². The summed E-state index contributed by atoms with van der Waals surface area (Å²) >= 11 is 3.48. The lowest BCUT2D eigenvalue weighted by Gasteiger charge is -2.29. The number of thiazole rings is 1. The van der Waals surface area contributed by atoms with Crippen LogP contribution >= 0.6 is 22.7 Å². The van der Waals surface area contributed by atoms with Crippen LogP contribution in [0.5, 0.6) is 0 Å². The quantitative estimate of drug-likeness (QED) is 0.920. The molecule has 1 amide bonds. The zero-order chi connectivity index (χ0) is 16.6. The number of nitrogens with zero attached hydrogens (tertiary/aromatic N) is 2. The highest BCUT2D eigenvalue weighted by molar-refractivity contribution is 7.16. The summed E-state index contributed by atoms with van der Waals surface area (Å²) < 4.78 is 0. The van der Waals surface area contributed by atoms with Crippen LogP contribution in [0, 0.1) is 12.8 Å². The van der Waals surface area contributed by atoms with Gasteiger partial charge in [-0.1, -0.05) is 13.8 Å². The summed E-state index contributed by atoms with van der Waals surface area (Å²) in [6.07, 6.45) is 1.67. The van der Waals surface area contributed by atoms with E-state index < -0.39 is 0 Å². The van der Waals surface area contributed by atoms with Crippen LogP contribution in [0.25, 0.3) is 10.6 Å². The number of hydrogen-bond acceptors (Lipinski definition) is 5. The summed E-state index contributed by atoms with van der Waals surface area (Å²) in [4.78, 5) is 21.6. The number of rotatable bonds is 4. The van der Waals surface area contributed by atoms with E-state index in [2.05, 4.69) is 30.3 Å². The maximum absolute atomic E-state index is 12.5. The molecule has 0 fully saturated rings. The molecule has 0 unspecified atom stereocenters. The summed E-state index contributed by atoms with van der Waals surface area (Å²) in [5, 5.41) is 3.19. The Balaban J connectivity index is 1.73. The van der Waals surface area contributed by atoms with Gasteiger partial charge in [-0.15, -0.1) is 22.7 Å². The molecule has 0 saturated heterocycles. The van der Waals surface area contributed by atoms with Crippen LogP contribution in [0.2, 0.25) is 0 Å². The molecule has 0 aromatic carbocycles. The fraction of sp³-hybridized carbons (Fsp3) is 0.529. The predicted octanol–water partition coefficient (Wildman–Crippen LogP) is 3.44. The third kappa shape index (κ3) is 3.65. The van der Waals surface area contributed by atoms with Gasteiger partial charge in [-0.3, -0.25) is 4.79 Å². The van der Waals surface area contributed by atoms with Gasteiger partial charge >= 0.3 is 0 Å². The second-order valence-electron chi connectivity index (χ2n) is 6.56. The molecule has 1 aliphatic rings. The highest BCUT2D eigenvalue weighted by Gasteiger charge is 2.27. The molecule has 3 rings (SSSR count). The standard InChI is InChI=1S/C17H23N3OS2/c1-10(2)6-13(18)17(21)20-5-4-15-12(8-20)7-16(23-15)14-9-22-11(3)19-14/h7,9-10,13H,4-6,8,18H2,1-3H3/t13-/m0/s1. The first-order valence-electron chi connectivity index (χ1n) is 8.02. The van der Waals surface area contributed by atoms with Gasteiger partial charge in [0.1, 0.15) is 0 Å². The van der Waals surface area contributed by atoms with Crippen molar-refractivity contribution >= 4 is 28.6 Å². The van der Waals surface area contributed by atoms with Gasteiger partial charge in [0.05, 0.1) is 21.6 Å². The molecule has 2 aromatic rings. The zero-order valence-corrected chi connectivity index (χ0v) is 15.5. The molecule has 6 heteroatoms. The first-order valence-corrected chi connectivity index (χ1v) is 9.72. The van der Waals surface area contributed by atoms with Crippen LogP contribution in [0.3, 0.4) is 0 Å². The fourth-order valence-electron chi connectivity index (χ4n) is 2.97. The predicted molar refractivity (Wildman–Crippen MR) is 96.7 cm³/mol. The van der Waals surface area contributed by atoms with E-state index in [-0.39, 0.29) is 11.9 Å². The van der Waals surface area contributed by atoms with Crippen LogP contribution < -0.4 is 5.73 Å². The number of carbonyl (C=O) groups is 1. The second kappa shape index (κ2) is 6.71. The molecule has 2 aromatic heterocycles. The van der Waals surface area contributed by atoms with E-state index in [1.807, 2.05) is 23.2 Å². The van der Waals surface area contributed by atoms with Crippen LogP contribution in [-0.4, -0.2) is 28.4 Å². The lowest BCUT2D eigenvalue weighted by molar-refractivity contribution is -0.133. The lowest BCUT2D eigenvalue weighted by Crippen LogP contribution is -2.46. The lowest BCUT2D eigenvalue weighted by atomic mass is 10.0. The zero-order valence-electron chi connectivity index (χ0n) is 13.8. The van der Waals surface area contributed by atoms with Crippen molar-refractivity contribution in [2.24, 2.45) is 11.7 Å². The monoisotopic (exact) mass is 349 g/mol. The highest BCUT2D eigenvalue weighted by atomic mass is 32.1. The summed E-state index contributed by atoms with van der Waals surface area (Å²) in [5.74, 6) is 0.525. The van der Waals surface area contributed by atoms with E-state index in [1.165, 1.54) is 15.3 Å². The average molecular weight is 350 g/mol. The molecule has 0 saturated carbocycles. The molecule has 3 heterocycles. The normalized spacial score (nSPS) is 15.8. The van der Waals surface area contributed by atoms with Gasteiger partial charge in [-0.05, 0) is 37.3 Å². The Kier molecular flexibility index (Phi) is 4.85. The van der Waals surface area contributed by atoms with E-state index in [1.54, 1.807) is 11.3 Å². The van der Waals surface area contributed by atoms with Crippen LogP contribution in [0.15, 0.2) is 11.4 Å². The third-order valence-corrected chi connectivity index (χ3v) is 6.13. The minimum Gasteiger partial charge on any atom is -0.337 e. The van der Waals surface area contributed by atoms with E-state index in [9.17, 15) is 4.79 Å². The molecule has 2 N–H and O–H groups in total. The summed E-state index contributed by atoms with van der Waals surface area (Å²) in [5.41, 5.74) is 8.38. The van der Waals surface area contributed by atoms with Gasteiger partial charge in [-0.25, -0.2) is 4.98 Å². The molecular formula is C17H23N3OS2. The molecule has 0 radical (unpaired) electrons. The molecule has 124 valence electrons. The maximum Gasteiger partial charge on any atom is 0.239 e. The first-order chi connectivity index (χ1) is 10.9. The van der Waals surface area contributed by atoms with Crippen molar-refractivity contribution in [2.45, 2.75) is 46.2 Å². The van der Waals surface area contributed by atoms with Crippen molar-refractivity contribution < 1.29 is 4.79 Å². The first kappa shape index (κ1) is 16.6. The Morgan fingerprint density at radius 1 is 1.48 bits per heavy atom.